The summed E-state index contributed by atoms with van der Waals surface area (Å²) in [7, 11) is 0. The fourth-order valence-electron chi connectivity index (χ4n) is 6.33. The minimum Gasteiger partial charge on any atom is -0.342 e. The molecule has 158 valence electrons. The van der Waals surface area contributed by atoms with Crippen molar-refractivity contribution < 1.29 is 8.78 Å². The van der Waals surface area contributed by atoms with Gasteiger partial charge in [0, 0.05) is 17.5 Å². The molecule has 2 aromatic heterocycles. The van der Waals surface area contributed by atoms with Crippen LogP contribution in [0.4, 0.5) is 8.78 Å². The molecule has 6 rings (SSSR count). The van der Waals surface area contributed by atoms with Crippen LogP contribution in [-0.4, -0.2) is 15.0 Å². The van der Waals surface area contributed by atoms with Gasteiger partial charge in [0.1, 0.15) is 17.5 Å². The Morgan fingerprint density at radius 1 is 0.968 bits per heavy atom. The van der Waals surface area contributed by atoms with E-state index in [1.54, 1.807) is 18.2 Å². The molecule has 0 amide bonds. The van der Waals surface area contributed by atoms with Gasteiger partial charge in [-0.15, -0.1) is 0 Å². The van der Waals surface area contributed by atoms with Crippen LogP contribution >= 0.6 is 0 Å². The van der Waals surface area contributed by atoms with Crippen molar-refractivity contribution in [3.05, 3.63) is 71.7 Å². The normalized spacial score (nSPS) is 26.2. The Labute approximate surface area is 179 Å². The summed E-state index contributed by atoms with van der Waals surface area (Å²) in [4.78, 5) is 12.4. The zero-order valence-electron chi connectivity index (χ0n) is 17.5. The topological polar surface area (TPSA) is 41.6 Å². The minimum atomic E-state index is -0.238. The molecule has 2 aromatic carbocycles. The van der Waals surface area contributed by atoms with Crippen LogP contribution in [0.3, 0.4) is 0 Å². The smallest absolute Gasteiger partial charge is 0.125 e. The van der Waals surface area contributed by atoms with Crippen LogP contribution in [0.15, 0.2) is 48.7 Å². The lowest BCUT2D eigenvalue weighted by molar-refractivity contribution is 0.276. The number of aromatic amines is 1. The molecular formula is C26H25F2N3. The summed E-state index contributed by atoms with van der Waals surface area (Å²) in [5, 5.41) is 0.972. The van der Waals surface area contributed by atoms with Gasteiger partial charge in [-0.1, -0.05) is 6.92 Å². The number of nitrogens with one attached hydrogen (secondary N) is 1. The fourth-order valence-corrected chi connectivity index (χ4v) is 6.33. The average molecular weight is 418 g/mol. The first kappa shape index (κ1) is 18.9. The van der Waals surface area contributed by atoms with Gasteiger partial charge in [-0.05, 0) is 97.4 Å². The van der Waals surface area contributed by atoms with Crippen LogP contribution in [0.2, 0.25) is 0 Å². The summed E-state index contributed by atoms with van der Waals surface area (Å²) in [5.74, 6) is 3.38. The highest BCUT2D eigenvalue weighted by atomic mass is 19.1. The largest absolute Gasteiger partial charge is 0.342 e. The Bertz CT molecular complexity index is 1280. The van der Waals surface area contributed by atoms with E-state index >= 15 is 0 Å². The van der Waals surface area contributed by atoms with Gasteiger partial charge in [0.25, 0.3) is 0 Å². The van der Waals surface area contributed by atoms with Crippen molar-refractivity contribution in [3.63, 3.8) is 0 Å². The highest BCUT2D eigenvalue weighted by Gasteiger charge is 2.46. The second-order valence-electron chi connectivity index (χ2n) is 9.58. The summed E-state index contributed by atoms with van der Waals surface area (Å²) in [6, 6.07) is 11.7. The van der Waals surface area contributed by atoms with Crippen molar-refractivity contribution in [3.8, 4) is 0 Å². The third kappa shape index (κ3) is 3.22. The van der Waals surface area contributed by atoms with Gasteiger partial charge in [0.05, 0.1) is 16.6 Å². The molecule has 5 heteroatoms. The second kappa shape index (κ2) is 7.11. The van der Waals surface area contributed by atoms with Crippen LogP contribution < -0.4 is 0 Å². The number of aromatic nitrogens is 3. The molecule has 2 heterocycles. The Kier molecular flexibility index (Phi) is 4.34. The molecule has 0 saturated heterocycles. The van der Waals surface area contributed by atoms with Crippen molar-refractivity contribution >= 4 is 21.9 Å². The number of hydrogen-bond donors (Lipinski definition) is 1. The molecule has 0 spiro atoms. The molecule has 0 aliphatic heterocycles. The van der Waals surface area contributed by atoms with Crippen LogP contribution in [-0.2, 0) is 0 Å². The highest BCUT2D eigenvalue weighted by Crippen LogP contribution is 2.58. The van der Waals surface area contributed by atoms with E-state index in [1.807, 2.05) is 6.20 Å². The summed E-state index contributed by atoms with van der Waals surface area (Å²) < 4.78 is 27.4. The van der Waals surface area contributed by atoms with Gasteiger partial charge < -0.3 is 4.98 Å². The predicted molar refractivity (Wildman–Crippen MR) is 118 cm³/mol. The maximum absolute atomic E-state index is 13.9. The third-order valence-electron chi connectivity index (χ3n) is 7.73. The van der Waals surface area contributed by atoms with Gasteiger partial charge in [-0.25, -0.2) is 13.8 Å². The van der Waals surface area contributed by atoms with Crippen LogP contribution in [0, 0.1) is 29.4 Å². The number of H-pyrrole nitrogens is 1. The number of benzene rings is 2. The Balaban J connectivity index is 1.19. The van der Waals surface area contributed by atoms with Gasteiger partial charge >= 0.3 is 0 Å². The lowest BCUT2D eigenvalue weighted by Gasteiger charge is -2.30. The second-order valence-corrected chi connectivity index (χ2v) is 9.58. The zero-order chi connectivity index (χ0) is 21.1. The number of halogens is 2. The molecule has 2 bridgehead atoms. The summed E-state index contributed by atoms with van der Waals surface area (Å²) in [6.07, 6.45) is 6.61. The van der Waals surface area contributed by atoms with E-state index in [4.69, 9.17) is 4.98 Å². The first-order valence-corrected chi connectivity index (χ1v) is 11.2. The monoisotopic (exact) mass is 417 g/mol. The number of imidazole rings is 1. The van der Waals surface area contributed by atoms with E-state index in [9.17, 15) is 8.78 Å². The summed E-state index contributed by atoms with van der Waals surface area (Å²) in [5.41, 5.74) is 3.75. The molecule has 31 heavy (non-hydrogen) atoms. The van der Waals surface area contributed by atoms with E-state index in [-0.39, 0.29) is 11.6 Å². The summed E-state index contributed by atoms with van der Waals surface area (Å²) in [6.45, 7) is 2.22. The lowest BCUT2D eigenvalue weighted by atomic mass is 9.75. The summed E-state index contributed by atoms with van der Waals surface area (Å²) >= 11 is 0. The van der Waals surface area contributed by atoms with E-state index in [0.29, 0.717) is 29.6 Å². The molecule has 1 N–H and O–H groups in total. The van der Waals surface area contributed by atoms with Crippen LogP contribution in [0.5, 0.6) is 0 Å². The number of nitrogens with zero attached hydrogens (tertiary/aromatic N) is 2. The molecule has 4 aromatic rings. The van der Waals surface area contributed by atoms with Crippen molar-refractivity contribution in [1.29, 1.82) is 0 Å². The molecule has 0 radical (unpaired) electrons. The van der Waals surface area contributed by atoms with Gasteiger partial charge in [0.2, 0.25) is 0 Å². The maximum Gasteiger partial charge on any atom is 0.125 e. The molecule has 2 saturated carbocycles. The van der Waals surface area contributed by atoms with Crippen molar-refractivity contribution in [2.45, 2.75) is 44.4 Å². The highest BCUT2D eigenvalue weighted by molar-refractivity contribution is 5.82. The van der Waals surface area contributed by atoms with Crippen molar-refractivity contribution in [1.82, 2.24) is 15.0 Å². The van der Waals surface area contributed by atoms with Crippen molar-refractivity contribution in [2.75, 3.05) is 0 Å². The quantitative estimate of drug-likeness (QED) is 0.401. The Hall–Kier alpha value is -2.82. The lowest BCUT2D eigenvalue weighted by Crippen LogP contribution is -2.19. The first-order chi connectivity index (χ1) is 15.0. The van der Waals surface area contributed by atoms with E-state index in [0.717, 1.165) is 34.2 Å². The average Bonchev–Trinajstić information content (AvgIpc) is 3.46. The first-order valence-electron chi connectivity index (χ1n) is 11.2. The Morgan fingerprint density at radius 3 is 2.58 bits per heavy atom. The van der Waals surface area contributed by atoms with Gasteiger partial charge in [-0.3, -0.25) is 4.98 Å². The van der Waals surface area contributed by atoms with Crippen molar-refractivity contribution in [2.24, 2.45) is 17.8 Å². The SMILES string of the molecule is C[C@H](CC1CC2CC1CC2c1ccnc2ccc(F)cc12)c1nc2ccc(F)cc2[nH]1. The molecule has 2 fully saturated rings. The zero-order valence-corrected chi connectivity index (χ0v) is 17.5. The van der Waals surface area contributed by atoms with Gasteiger partial charge in [0.15, 0.2) is 0 Å². The van der Waals surface area contributed by atoms with E-state index < -0.39 is 0 Å². The molecule has 3 nitrogen and oxygen atoms in total. The molecule has 2 aliphatic carbocycles. The third-order valence-corrected chi connectivity index (χ3v) is 7.73. The maximum atomic E-state index is 13.9. The molecule has 5 atom stereocenters. The molecule has 2 aliphatic rings. The van der Waals surface area contributed by atoms with E-state index in [2.05, 4.69) is 23.0 Å². The van der Waals surface area contributed by atoms with Crippen LogP contribution in [0.25, 0.3) is 21.9 Å². The predicted octanol–water partition coefficient (Wildman–Crippen LogP) is 6.71. The number of hydrogen-bond acceptors (Lipinski definition) is 2. The molecule has 4 unspecified atom stereocenters. The number of rotatable bonds is 4. The minimum absolute atomic E-state index is 0.192. The standard InChI is InChI=1S/C26H25F2N3/c1-14(26-30-24-5-3-19(28)13-25(24)31-26)8-15-9-17-10-16(15)11-21(17)20-6-7-29-23-4-2-18(27)12-22(20)23/h2-7,12-17,21H,8-11H2,1H3,(H,30,31)/t14-,15?,16?,17?,21?/m1/s1. The fraction of sp³-hybridized carbons (Fsp3) is 0.385. The molecular weight excluding hydrogens is 392 g/mol. The van der Waals surface area contributed by atoms with Crippen LogP contribution in [0.1, 0.15) is 55.8 Å². The number of pyridine rings is 1. The van der Waals surface area contributed by atoms with E-state index in [1.165, 1.54) is 43.0 Å². The Morgan fingerprint density at radius 2 is 1.77 bits per heavy atom. The van der Waals surface area contributed by atoms with Gasteiger partial charge in [-0.2, -0.15) is 0 Å². The number of fused-ring (bicyclic) bond motifs is 4.